The lowest BCUT2D eigenvalue weighted by molar-refractivity contribution is -0.128. The molecule has 2 N–H and O–H groups in total. The Kier molecular flexibility index (Phi) is 10.9. The molecule has 6 heteroatoms. The van der Waals surface area contributed by atoms with Crippen molar-refractivity contribution in [3.8, 4) is 0 Å². The molecule has 1 aliphatic rings. The van der Waals surface area contributed by atoms with Crippen molar-refractivity contribution in [2.24, 2.45) is 22.2 Å². The number of nitrogens with zero attached hydrogens (tertiary/aromatic N) is 2. The van der Waals surface area contributed by atoms with E-state index in [9.17, 15) is 4.79 Å². The molecule has 24 heavy (non-hydrogen) atoms. The van der Waals surface area contributed by atoms with Gasteiger partial charge < -0.3 is 15.5 Å². The van der Waals surface area contributed by atoms with Crippen molar-refractivity contribution in [1.82, 2.24) is 15.5 Å². The van der Waals surface area contributed by atoms with Gasteiger partial charge in [0.2, 0.25) is 5.91 Å². The van der Waals surface area contributed by atoms with Crippen LogP contribution in [0.1, 0.15) is 53.4 Å². The number of halogens is 1. The molecule has 0 radical (unpaired) electrons. The van der Waals surface area contributed by atoms with Crippen LogP contribution in [0.25, 0.3) is 0 Å². The second-order valence-corrected chi connectivity index (χ2v) is 7.64. The minimum Gasteiger partial charge on any atom is -0.359 e. The van der Waals surface area contributed by atoms with E-state index in [4.69, 9.17) is 4.99 Å². The largest absolute Gasteiger partial charge is 0.359 e. The third-order valence-electron chi connectivity index (χ3n) is 4.83. The highest BCUT2D eigenvalue weighted by Crippen LogP contribution is 2.28. The normalized spacial score (nSPS) is 21.7. The molecule has 1 fully saturated rings. The Hall–Kier alpha value is -0.530. The van der Waals surface area contributed by atoms with E-state index in [1.54, 1.807) is 7.05 Å². The lowest BCUT2D eigenvalue weighted by atomic mass is 9.83. The van der Waals surface area contributed by atoms with E-state index in [1.807, 2.05) is 13.8 Å². The quantitative estimate of drug-likeness (QED) is 0.370. The number of amides is 1. The number of carbonyl (C=O) groups is 1. The molecule has 0 aromatic rings. The van der Waals surface area contributed by atoms with Crippen LogP contribution in [0.2, 0.25) is 0 Å². The summed E-state index contributed by atoms with van der Waals surface area (Å²) in [6.45, 7) is 10.7. The summed E-state index contributed by atoms with van der Waals surface area (Å²) in [6.07, 6.45) is 5.31. The van der Waals surface area contributed by atoms with Crippen LogP contribution < -0.4 is 10.6 Å². The zero-order chi connectivity index (χ0) is 17.5. The molecule has 0 heterocycles. The summed E-state index contributed by atoms with van der Waals surface area (Å²) < 4.78 is 0. The number of hydrogen-bond donors (Lipinski definition) is 2. The Balaban J connectivity index is 0.00000529. The van der Waals surface area contributed by atoms with Crippen LogP contribution in [0.4, 0.5) is 0 Å². The highest BCUT2D eigenvalue weighted by atomic mass is 127. The lowest BCUT2D eigenvalue weighted by Crippen LogP contribution is -2.43. The van der Waals surface area contributed by atoms with Crippen molar-refractivity contribution in [2.45, 2.75) is 53.4 Å². The van der Waals surface area contributed by atoms with Crippen molar-refractivity contribution in [3.63, 3.8) is 0 Å². The molecule has 5 nitrogen and oxygen atoms in total. The molecule has 0 unspecified atom stereocenters. The van der Waals surface area contributed by atoms with Gasteiger partial charge in [0.25, 0.3) is 0 Å². The van der Waals surface area contributed by atoms with Gasteiger partial charge in [-0.15, -0.1) is 24.0 Å². The molecule has 0 aliphatic heterocycles. The highest BCUT2D eigenvalue weighted by Gasteiger charge is 2.27. The summed E-state index contributed by atoms with van der Waals surface area (Å²) in [7, 11) is 3.78. The van der Waals surface area contributed by atoms with Gasteiger partial charge in [-0.2, -0.15) is 0 Å². The second kappa shape index (κ2) is 11.2. The second-order valence-electron chi connectivity index (χ2n) is 7.64. The summed E-state index contributed by atoms with van der Waals surface area (Å²) >= 11 is 0. The number of aliphatic imine (C=N–C) groups is 1. The fraction of sp³-hybridized carbons (Fsp3) is 0.889. The summed E-state index contributed by atoms with van der Waals surface area (Å²) in [6, 6.07) is 0. The van der Waals surface area contributed by atoms with Gasteiger partial charge in [0, 0.05) is 27.2 Å². The standard InChI is InChI=1S/C18H36N4O.HI/c1-7-20-17(21-13-18(3,4)16(23)19-5)22(6)12-15-10-8-14(2)9-11-15;/h14-15H,7-13H2,1-6H3,(H,19,23)(H,20,21);1H. The van der Waals surface area contributed by atoms with Crippen LogP contribution in [0.15, 0.2) is 4.99 Å². The first-order valence-electron chi connectivity index (χ1n) is 9.01. The van der Waals surface area contributed by atoms with Gasteiger partial charge in [0.15, 0.2) is 5.96 Å². The Morgan fingerprint density at radius 2 is 1.83 bits per heavy atom. The summed E-state index contributed by atoms with van der Waals surface area (Å²) in [5, 5.41) is 6.07. The Morgan fingerprint density at radius 3 is 2.33 bits per heavy atom. The van der Waals surface area contributed by atoms with E-state index >= 15 is 0 Å². The maximum absolute atomic E-state index is 11.9. The van der Waals surface area contributed by atoms with Gasteiger partial charge >= 0.3 is 0 Å². The van der Waals surface area contributed by atoms with Crippen LogP contribution in [-0.4, -0.2) is 50.5 Å². The highest BCUT2D eigenvalue weighted by molar-refractivity contribution is 14.0. The average Bonchev–Trinajstić information content (AvgIpc) is 2.52. The molecule has 1 amide bonds. The van der Waals surface area contributed by atoms with E-state index in [1.165, 1.54) is 25.7 Å². The van der Waals surface area contributed by atoms with Gasteiger partial charge in [0.1, 0.15) is 0 Å². The summed E-state index contributed by atoms with van der Waals surface area (Å²) in [5.74, 6) is 2.57. The smallest absolute Gasteiger partial charge is 0.227 e. The molecular weight excluding hydrogens is 415 g/mol. The molecule has 0 aromatic carbocycles. The third-order valence-corrected chi connectivity index (χ3v) is 4.83. The number of nitrogens with one attached hydrogen (secondary N) is 2. The molecule has 1 aliphatic carbocycles. The Labute approximate surface area is 165 Å². The molecule has 0 bridgehead atoms. The Bertz CT molecular complexity index is 404. The van der Waals surface area contributed by atoms with Gasteiger partial charge in [-0.25, -0.2) is 0 Å². The van der Waals surface area contributed by atoms with Crippen LogP contribution >= 0.6 is 24.0 Å². The Morgan fingerprint density at radius 1 is 1.25 bits per heavy atom. The first kappa shape index (κ1) is 23.5. The fourth-order valence-electron chi connectivity index (χ4n) is 3.14. The number of rotatable bonds is 6. The molecule has 0 spiro atoms. The van der Waals surface area contributed by atoms with Crippen molar-refractivity contribution in [1.29, 1.82) is 0 Å². The molecule has 1 saturated carbocycles. The number of hydrogen-bond acceptors (Lipinski definition) is 2. The van der Waals surface area contributed by atoms with E-state index < -0.39 is 5.41 Å². The van der Waals surface area contributed by atoms with Crippen LogP contribution in [-0.2, 0) is 4.79 Å². The van der Waals surface area contributed by atoms with Gasteiger partial charge in [-0.3, -0.25) is 9.79 Å². The average molecular weight is 452 g/mol. The molecule has 1 rings (SSSR count). The molecule has 0 aromatic heterocycles. The fourth-order valence-corrected chi connectivity index (χ4v) is 3.14. The minimum atomic E-state index is -0.490. The number of carbonyl (C=O) groups excluding carboxylic acids is 1. The minimum absolute atomic E-state index is 0. The van der Waals surface area contributed by atoms with Crippen molar-refractivity contribution >= 4 is 35.8 Å². The topological polar surface area (TPSA) is 56.7 Å². The SMILES string of the molecule is CCNC(=NCC(C)(C)C(=O)NC)N(C)CC1CCC(C)CC1.I. The third kappa shape index (κ3) is 7.57. The zero-order valence-corrected chi connectivity index (χ0v) is 18.6. The van der Waals surface area contributed by atoms with E-state index in [0.717, 1.165) is 30.9 Å². The maximum Gasteiger partial charge on any atom is 0.227 e. The van der Waals surface area contributed by atoms with E-state index in [0.29, 0.717) is 6.54 Å². The monoisotopic (exact) mass is 452 g/mol. The van der Waals surface area contributed by atoms with Crippen molar-refractivity contribution < 1.29 is 4.79 Å². The first-order chi connectivity index (χ1) is 10.8. The van der Waals surface area contributed by atoms with Crippen molar-refractivity contribution in [3.05, 3.63) is 0 Å². The van der Waals surface area contributed by atoms with Gasteiger partial charge in [0.05, 0.1) is 12.0 Å². The van der Waals surface area contributed by atoms with Crippen molar-refractivity contribution in [2.75, 3.05) is 33.7 Å². The molecular formula is C18H37IN4O. The lowest BCUT2D eigenvalue weighted by Gasteiger charge is -2.31. The summed E-state index contributed by atoms with van der Waals surface area (Å²) in [5.41, 5.74) is -0.490. The molecule has 0 atom stereocenters. The molecule has 142 valence electrons. The van der Waals surface area contributed by atoms with E-state index in [-0.39, 0.29) is 29.9 Å². The predicted octanol–water partition coefficient (Wildman–Crippen LogP) is 3.10. The van der Waals surface area contributed by atoms with Gasteiger partial charge in [-0.1, -0.05) is 19.8 Å². The van der Waals surface area contributed by atoms with Crippen LogP contribution in [0.3, 0.4) is 0 Å². The maximum atomic E-state index is 11.9. The van der Waals surface area contributed by atoms with Crippen LogP contribution in [0, 0.1) is 17.3 Å². The zero-order valence-electron chi connectivity index (χ0n) is 16.3. The predicted molar refractivity (Wildman–Crippen MR) is 113 cm³/mol. The van der Waals surface area contributed by atoms with Crippen LogP contribution in [0.5, 0.6) is 0 Å². The first-order valence-corrected chi connectivity index (χ1v) is 9.01. The van der Waals surface area contributed by atoms with Gasteiger partial charge in [-0.05, 0) is 45.4 Å². The van der Waals surface area contributed by atoms with E-state index in [2.05, 4.69) is 36.4 Å². The molecule has 0 saturated heterocycles. The number of guanidine groups is 1. The summed E-state index contributed by atoms with van der Waals surface area (Å²) in [4.78, 5) is 18.8.